The lowest BCUT2D eigenvalue weighted by molar-refractivity contribution is -0.123. The van der Waals surface area contributed by atoms with Crippen LogP contribution in [0.1, 0.15) is 23.2 Å². The van der Waals surface area contributed by atoms with Gasteiger partial charge in [-0.05, 0) is 18.9 Å². The number of aromatic amines is 1. The van der Waals surface area contributed by atoms with E-state index in [2.05, 4.69) is 10.3 Å². The van der Waals surface area contributed by atoms with E-state index >= 15 is 0 Å². The number of pyridine rings is 1. The summed E-state index contributed by atoms with van der Waals surface area (Å²) in [5.74, 6) is 0.119. The minimum absolute atomic E-state index is 0.00645. The van der Waals surface area contributed by atoms with Crippen LogP contribution in [0.3, 0.4) is 0 Å². The second kappa shape index (κ2) is 5.23. The molecule has 7 nitrogen and oxygen atoms in total. The Morgan fingerprint density at radius 2 is 2.10 bits per heavy atom. The molecule has 0 spiro atoms. The van der Waals surface area contributed by atoms with E-state index in [1.807, 2.05) is 0 Å². The minimum atomic E-state index is -0.468. The van der Waals surface area contributed by atoms with Gasteiger partial charge in [-0.15, -0.1) is 0 Å². The number of nitrogens with zero attached hydrogens (tertiary/aromatic N) is 1. The molecule has 1 aliphatic carbocycles. The van der Waals surface area contributed by atoms with Gasteiger partial charge in [0.1, 0.15) is 11.3 Å². The number of nitrogens with one attached hydrogen (secondary N) is 2. The van der Waals surface area contributed by atoms with Crippen LogP contribution in [0.4, 0.5) is 0 Å². The molecule has 112 valence electrons. The Morgan fingerprint density at radius 1 is 1.38 bits per heavy atom. The maximum Gasteiger partial charge on any atom is 0.264 e. The van der Waals surface area contributed by atoms with Crippen molar-refractivity contribution in [3.05, 3.63) is 28.2 Å². The quantitative estimate of drug-likeness (QED) is 0.799. The number of carbonyl (C=O) groups is 2. The number of H-pyrrole nitrogens is 1. The Morgan fingerprint density at radius 3 is 2.71 bits per heavy atom. The molecule has 1 saturated heterocycles. The summed E-state index contributed by atoms with van der Waals surface area (Å²) in [4.78, 5) is 39.7. The van der Waals surface area contributed by atoms with Gasteiger partial charge in [-0.1, -0.05) is 0 Å². The Labute approximate surface area is 121 Å². The highest BCUT2D eigenvalue weighted by atomic mass is 16.5. The van der Waals surface area contributed by atoms with E-state index in [4.69, 9.17) is 4.74 Å². The minimum Gasteiger partial charge on any atom is -0.496 e. The number of carbonyl (C=O) groups excluding carboxylic acids is 2. The van der Waals surface area contributed by atoms with E-state index < -0.39 is 5.56 Å². The average Bonchev–Trinajstić information content (AvgIpc) is 3.25. The lowest BCUT2D eigenvalue weighted by Gasteiger charge is -2.39. The molecule has 0 radical (unpaired) electrons. The monoisotopic (exact) mass is 291 g/mol. The predicted octanol–water partition coefficient (Wildman–Crippen LogP) is -0.266. The van der Waals surface area contributed by atoms with Gasteiger partial charge in [0.15, 0.2) is 0 Å². The van der Waals surface area contributed by atoms with Crippen LogP contribution in [0, 0.1) is 5.92 Å². The summed E-state index contributed by atoms with van der Waals surface area (Å²) in [5.41, 5.74) is -0.461. The zero-order chi connectivity index (χ0) is 15.0. The van der Waals surface area contributed by atoms with Gasteiger partial charge in [0.05, 0.1) is 13.2 Å². The number of methoxy groups -OCH3 is 1. The van der Waals surface area contributed by atoms with Gasteiger partial charge >= 0.3 is 0 Å². The third-order valence-corrected chi connectivity index (χ3v) is 3.82. The molecule has 2 aliphatic rings. The van der Waals surface area contributed by atoms with Crippen LogP contribution in [0.5, 0.6) is 5.75 Å². The van der Waals surface area contributed by atoms with Crippen LogP contribution in [0.25, 0.3) is 0 Å². The molecule has 1 aromatic rings. The number of amides is 2. The first-order valence-corrected chi connectivity index (χ1v) is 6.95. The zero-order valence-corrected chi connectivity index (χ0v) is 11.7. The van der Waals surface area contributed by atoms with Gasteiger partial charge in [0.2, 0.25) is 5.91 Å². The van der Waals surface area contributed by atoms with E-state index in [1.54, 1.807) is 6.07 Å². The van der Waals surface area contributed by atoms with Crippen LogP contribution < -0.4 is 15.6 Å². The number of rotatable bonds is 4. The van der Waals surface area contributed by atoms with Crippen molar-refractivity contribution in [2.75, 3.05) is 20.2 Å². The largest absolute Gasteiger partial charge is 0.496 e. The van der Waals surface area contributed by atoms with E-state index in [0.29, 0.717) is 13.1 Å². The van der Waals surface area contributed by atoms with Crippen molar-refractivity contribution in [2.24, 2.45) is 5.92 Å². The Balaban J connectivity index is 1.63. The van der Waals surface area contributed by atoms with Crippen molar-refractivity contribution in [2.45, 2.75) is 18.9 Å². The average molecular weight is 291 g/mol. The fourth-order valence-corrected chi connectivity index (χ4v) is 2.39. The molecule has 1 aliphatic heterocycles. The summed E-state index contributed by atoms with van der Waals surface area (Å²) in [6, 6.07) is 1.52. The van der Waals surface area contributed by atoms with Gasteiger partial charge in [-0.3, -0.25) is 14.4 Å². The van der Waals surface area contributed by atoms with E-state index in [1.165, 1.54) is 18.2 Å². The summed E-state index contributed by atoms with van der Waals surface area (Å²) in [6.07, 6.45) is 3.35. The summed E-state index contributed by atoms with van der Waals surface area (Å²) in [5, 5.41) is 2.91. The molecule has 7 heteroatoms. The number of likely N-dealkylation sites (tertiary alicyclic amines) is 1. The number of hydrogen-bond acceptors (Lipinski definition) is 4. The van der Waals surface area contributed by atoms with Gasteiger partial charge in [-0.25, -0.2) is 0 Å². The van der Waals surface area contributed by atoms with Gasteiger partial charge in [0.25, 0.3) is 11.5 Å². The first-order valence-electron chi connectivity index (χ1n) is 6.95. The normalized spacial score (nSPS) is 18.0. The highest BCUT2D eigenvalue weighted by Gasteiger charge is 2.37. The number of hydrogen-bond donors (Lipinski definition) is 2. The topological polar surface area (TPSA) is 91.5 Å². The lowest BCUT2D eigenvalue weighted by atomic mass is 10.1. The predicted molar refractivity (Wildman–Crippen MR) is 74.2 cm³/mol. The second-order valence-corrected chi connectivity index (χ2v) is 5.44. The molecule has 2 heterocycles. The smallest absolute Gasteiger partial charge is 0.264 e. The van der Waals surface area contributed by atoms with E-state index in [-0.39, 0.29) is 35.1 Å². The third kappa shape index (κ3) is 2.63. The molecular weight excluding hydrogens is 274 g/mol. The standard InChI is InChI=1S/C14H17N3O4/c1-21-10-4-5-15-13(19)11(10)14(20)17-6-9(7-17)16-12(18)8-2-3-8/h4-5,8-9H,2-3,6-7H2,1H3,(H,15,19)(H,16,18). The molecule has 0 bridgehead atoms. The van der Waals surface area contributed by atoms with Crippen molar-refractivity contribution in [3.63, 3.8) is 0 Å². The van der Waals surface area contributed by atoms with Gasteiger partial charge < -0.3 is 19.9 Å². The van der Waals surface area contributed by atoms with Crippen LogP contribution in [0.2, 0.25) is 0 Å². The second-order valence-electron chi connectivity index (χ2n) is 5.44. The van der Waals surface area contributed by atoms with Crippen molar-refractivity contribution >= 4 is 11.8 Å². The fourth-order valence-electron chi connectivity index (χ4n) is 2.39. The SMILES string of the molecule is COc1cc[nH]c(=O)c1C(=O)N1CC(NC(=O)C2CC2)C1. The van der Waals surface area contributed by atoms with Crippen LogP contribution in [-0.4, -0.2) is 47.9 Å². The summed E-state index contributed by atoms with van der Waals surface area (Å²) >= 11 is 0. The van der Waals surface area contributed by atoms with Crippen molar-refractivity contribution in [3.8, 4) is 5.75 Å². The fraction of sp³-hybridized carbons (Fsp3) is 0.500. The number of aromatic nitrogens is 1. The molecule has 1 aromatic heterocycles. The highest BCUT2D eigenvalue weighted by molar-refractivity contribution is 5.97. The van der Waals surface area contributed by atoms with Crippen LogP contribution in [-0.2, 0) is 4.79 Å². The first-order chi connectivity index (χ1) is 10.1. The summed E-state index contributed by atoms with van der Waals surface area (Å²) < 4.78 is 5.06. The van der Waals surface area contributed by atoms with Crippen molar-refractivity contribution in [1.82, 2.24) is 15.2 Å². The maximum absolute atomic E-state index is 12.3. The molecule has 0 atom stereocenters. The van der Waals surface area contributed by atoms with Crippen molar-refractivity contribution < 1.29 is 14.3 Å². The molecule has 2 amide bonds. The zero-order valence-electron chi connectivity index (χ0n) is 11.7. The Kier molecular flexibility index (Phi) is 3.40. The molecule has 2 fully saturated rings. The molecular formula is C14H17N3O4. The van der Waals surface area contributed by atoms with E-state index in [0.717, 1.165) is 12.8 Å². The first kappa shape index (κ1) is 13.7. The van der Waals surface area contributed by atoms with E-state index in [9.17, 15) is 14.4 Å². The summed E-state index contributed by atoms with van der Waals surface area (Å²) in [6.45, 7) is 0.851. The van der Waals surface area contributed by atoms with Crippen LogP contribution >= 0.6 is 0 Å². The van der Waals surface area contributed by atoms with Gasteiger partial charge in [0, 0.05) is 25.2 Å². The molecule has 1 saturated carbocycles. The molecule has 0 unspecified atom stereocenters. The molecule has 3 rings (SSSR count). The molecule has 21 heavy (non-hydrogen) atoms. The molecule has 2 N–H and O–H groups in total. The lowest BCUT2D eigenvalue weighted by Crippen LogP contribution is -2.61. The Hall–Kier alpha value is -2.31. The van der Waals surface area contributed by atoms with Gasteiger partial charge in [-0.2, -0.15) is 0 Å². The number of ether oxygens (including phenoxy) is 1. The third-order valence-electron chi connectivity index (χ3n) is 3.82. The molecule has 0 aromatic carbocycles. The Bertz CT molecular complexity index is 629. The van der Waals surface area contributed by atoms with Crippen LogP contribution in [0.15, 0.2) is 17.1 Å². The highest BCUT2D eigenvalue weighted by Crippen LogP contribution is 2.29. The summed E-state index contributed by atoms with van der Waals surface area (Å²) in [7, 11) is 1.42. The maximum atomic E-state index is 12.3. The van der Waals surface area contributed by atoms with Crippen molar-refractivity contribution in [1.29, 1.82) is 0 Å².